The van der Waals surface area contributed by atoms with Gasteiger partial charge in [0.25, 0.3) is 0 Å². The highest BCUT2D eigenvalue weighted by molar-refractivity contribution is 5.93. The topological polar surface area (TPSA) is 84.9 Å². The molecule has 0 spiro atoms. The summed E-state index contributed by atoms with van der Waals surface area (Å²) >= 11 is 0. The molecule has 1 aliphatic heterocycles. The number of rotatable bonds is 4. The molecule has 2 rings (SSSR count). The van der Waals surface area contributed by atoms with Crippen LogP contribution in [0.2, 0.25) is 0 Å². The van der Waals surface area contributed by atoms with Gasteiger partial charge in [-0.3, -0.25) is 4.79 Å². The summed E-state index contributed by atoms with van der Waals surface area (Å²) in [4.78, 5) is 21.5. The molecule has 1 aromatic carbocycles. The van der Waals surface area contributed by atoms with Gasteiger partial charge in [0.05, 0.1) is 0 Å². The Balaban J connectivity index is 1.93. The fourth-order valence-electron chi connectivity index (χ4n) is 1.59. The number of carboxylic acids is 1. The first-order valence-corrected chi connectivity index (χ1v) is 5.72. The number of carboxylic acid groups (broad SMARTS) is 1. The maximum atomic E-state index is 11.3. The molecule has 1 aromatic rings. The van der Waals surface area contributed by atoms with Crippen molar-refractivity contribution in [3.8, 4) is 11.5 Å². The minimum atomic E-state index is -1.16. The summed E-state index contributed by atoms with van der Waals surface area (Å²) in [5.74, 6) is -0.280. The number of carbonyl (C=O) groups is 2. The van der Waals surface area contributed by atoms with Crippen LogP contribution >= 0.6 is 0 Å². The maximum absolute atomic E-state index is 11.3. The molecular formula is C13H13NO5. The van der Waals surface area contributed by atoms with Gasteiger partial charge in [-0.1, -0.05) is 6.07 Å². The van der Waals surface area contributed by atoms with Gasteiger partial charge in [-0.25, -0.2) is 4.79 Å². The van der Waals surface area contributed by atoms with Gasteiger partial charge in [-0.15, -0.1) is 0 Å². The molecule has 0 radical (unpaired) electrons. The van der Waals surface area contributed by atoms with Crippen LogP contribution in [0.1, 0.15) is 5.56 Å². The summed E-state index contributed by atoms with van der Waals surface area (Å²) in [5.41, 5.74) is 0.848. The van der Waals surface area contributed by atoms with Gasteiger partial charge in [-0.2, -0.15) is 0 Å². The lowest BCUT2D eigenvalue weighted by Crippen LogP contribution is -2.21. The third-order valence-electron chi connectivity index (χ3n) is 2.45. The van der Waals surface area contributed by atoms with Crippen molar-refractivity contribution in [2.75, 3.05) is 13.2 Å². The zero-order valence-corrected chi connectivity index (χ0v) is 10.1. The number of hydrogen-bond acceptors (Lipinski definition) is 4. The quantitative estimate of drug-likeness (QED) is 0.782. The normalized spacial score (nSPS) is 13.3. The second-order valence-corrected chi connectivity index (χ2v) is 3.87. The van der Waals surface area contributed by atoms with E-state index in [1.165, 1.54) is 0 Å². The van der Waals surface area contributed by atoms with Crippen LogP contribution in [0.5, 0.6) is 11.5 Å². The van der Waals surface area contributed by atoms with Gasteiger partial charge < -0.3 is 19.9 Å². The van der Waals surface area contributed by atoms with Crippen molar-refractivity contribution in [2.24, 2.45) is 0 Å². The predicted molar refractivity (Wildman–Crippen MR) is 66.1 cm³/mol. The number of benzene rings is 1. The van der Waals surface area contributed by atoms with Gasteiger partial charge in [-0.05, 0) is 17.7 Å². The lowest BCUT2D eigenvalue weighted by atomic mass is 10.2. The number of carbonyl (C=O) groups excluding carboxylic acids is 1. The molecule has 6 nitrogen and oxygen atoms in total. The second kappa shape index (κ2) is 5.90. The standard InChI is InChI=1S/C13H13NO5/c15-12(3-4-13(16)17)14-8-9-1-2-10-11(7-9)19-6-5-18-10/h1-4,7H,5-6,8H2,(H,14,15)(H,16,17)/b4-3+. The van der Waals surface area contributed by atoms with Gasteiger partial charge >= 0.3 is 5.97 Å². The highest BCUT2D eigenvalue weighted by Crippen LogP contribution is 2.30. The highest BCUT2D eigenvalue weighted by atomic mass is 16.6. The number of nitrogens with one attached hydrogen (secondary N) is 1. The molecule has 0 atom stereocenters. The molecular weight excluding hydrogens is 250 g/mol. The van der Waals surface area contributed by atoms with E-state index in [1.54, 1.807) is 12.1 Å². The van der Waals surface area contributed by atoms with Crippen molar-refractivity contribution in [3.63, 3.8) is 0 Å². The van der Waals surface area contributed by atoms with Crippen LogP contribution in [0.3, 0.4) is 0 Å². The Morgan fingerprint density at radius 3 is 2.68 bits per heavy atom. The maximum Gasteiger partial charge on any atom is 0.328 e. The first-order chi connectivity index (χ1) is 9.15. The molecule has 0 bridgehead atoms. The molecule has 1 aliphatic rings. The lowest BCUT2D eigenvalue weighted by molar-refractivity contribution is -0.131. The molecule has 0 fully saturated rings. The van der Waals surface area contributed by atoms with Gasteiger partial charge in [0.1, 0.15) is 13.2 Å². The van der Waals surface area contributed by atoms with Crippen LogP contribution in [-0.2, 0) is 16.1 Å². The van der Waals surface area contributed by atoms with E-state index in [2.05, 4.69) is 5.32 Å². The Kier molecular flexibility index (Phi) is 4.02. The average molecular weight is 263 g/mol. The monoisotopic (exact) mass is 263 g/mol. The van der Waals surface area contributed by atoms with Crippen LogP contribution in [0.25, 0.3) is 0 Å². The first kappa shape index (κ1) is 12.9. The van der Waals surface area contributed by atoms with Crippen molar-refractivity contribution in [2.45, 2.75) is 6.54 Å². The van der Waals surface area contributed by atoms with E-state index >= 15 is 0 Å². The van der Waals surface area contributed by atoms with Crippen LogP contribution in [-0.4, -0.2) is 30.2 Å². The number of ether oxygens (including phenoxy) is 2. The summed E-state index contributed by atoms with van der Waals surface area (Å²) in [7, 11) is 0. The van der Waals surface area contributed by atoms with Crippen LogP contribution < -0.4 is 14.8 Å². The fourth-order valence-corrected chi connectivity index (χ4v) is 1.59. The first-order valence-electron chi connectivity index (χ1n) is 5.72. The molecule has 0 saturated heterocycles. The number of amides is 1. The number of aliphatic carboxylic acids is 1. The molecule has 0 aliphatic carbocycles. The molecule has 1 amide bonds. The zero-order valence-electron chi connectivity index (χ0n) is 10.1. The summed E-state index contributed by atoms with van der Waals surface area (Å²) in [5, 5.41) is 11.0. The van der Waals surface area contributed by atoms with Crippen molar-refractivity contribution >= 4 is 11.9 Å². The zero-order chi connectivity index (χ0) is 13.7. The lowest BCUT2D eigenvalue weighted by Gasteiger charge is -2.18. The summed E-state index contributed by atoms with van der Waals surface area (Å²) in [6, 6.07) is 5.38. The molecule has 6 heteroatoms. The smallest absolute Gasteiger partial charge is 0.328 e. The van der Waals surface area contributed by atoms with E-state index in [4.69, 9.17) is 14.6 Å². The summed E-state index contributed by atoms with van der Waals surface area (Å²) < 4.78 is 10.8. The second-order valence-electron chi connectivity index (χ2n) is 3.87. The third kappa shape index (κ3) is 3.74. The molecule has 19 heavy (non-hydrogen) atoms. The van der Waals surface area contributed by atoms with Crippen molar-refractivity contribution in [3.05, 3.63) is 35.9 Å². The molecule has 0 saturated carbocycles. The predicted octanol–water partition coefficient (Wildman–Crippen LogP) is 0.715. The van der Waals surface area contributed by atoms with E-state index in [0.29, 0.717) is 31.3 Å². The molecule has 2 N–H and O–H groups in total. The van der Waals surface area contributed by atoms with E-state index in [0.717, 1.165) is 17.7 Å². The SMILES string of the molecule is O=C(O)/C=C/C(=O)NCc1ccc2c(c1)OCCO2. The number of fused-ring (bicyclic) bond motifs is 1. The largest absolute Gasteiger partial charge is 0.486 e. The number of hydrogen-bond donors (Lipinski definition) is 2. The van der Waals surface area contributed by atoms with Crippen molar-refractivity contribution in [1.82, 2.24) is 5.32 Å². The van der Waals surface area contributed by atoms with E-state index < -0.39 is 11.9 Å². The van der Waals surface area contributed by atoms with Gasteiger partial charge in [0.2, 0.25) is 5.91 Å². The minimum absolute atomic E-state index is 0.291. The highest BCUT2D eigenvalue weighted by Gasteiger charge is 2.11. The summed E-state index contributed by atoms with van der Waals surface area (Å²) in [6.07, 6.45) is 1.76. The van der Waals surface area contributed by atoms with Crippen molar-refractivity contribution < 1.29 is 24.2 Å². The van der Waals surface area contributed by atoms with Crippen LogP contribution in [0, 0.1) is 0 Å². The van der Waals surface area contributed by atoms with Gasteiger partial charge in [0, 0.05) is 18.7 Å². The van der Waals surface area contributed by atoms with Crippen LogP contribution in [0.15, 0.2) is 30.4 Å². The fraction of sp³-hybridized carbons (Fsp3) is 0.231. The Hall–Kier alpha value is -2.50. The third-order valence-corrected chi connectivity index (χ3v) is 2.45. The van der Waals surface area contributed by atoms with E-state index in [9.17, 15) is 9.59 Å². The molecule has 1 heterocycles. The Morgan fingerprint density at radius 1 is 1.21 bits per heavy atom. The van der Waals surface area contributed by atoms with Crippen LogP contribution in [0.4, 0.5) is 0 Å². The Morgan fingerprint density at radius 2 is 1.95 bits per heavy atom. The van der Waals surface area contributed by atoms with E-state index in [-0.39, 0.29) is 0 Å². The van der Waals surface area contributed by atoms with Gasteiger partial charge in [0.15, 0.2) is 11.5 Å². The Labute approximate surface area is 109 Å². The average Bonchev–Trinajstić information content (AvgIpc) is 2.42. The summed E-state index contributed by atoms with van der Waals surface area (Å²) in [6.45, 7) is 1.33. The molecule has 100 valence electrons. The van der Waals surface area contributed by atoms with Crippen molar-refractivity contribution in [1.29, 1.82) is 0 Å². The minimum Gasteiger partial charge on any atom is -0.486 e. The molecule has 0 aromatic heterocycles. The van der Waals surface area contributed by atoms with E-state index in [1.807, 2.05) is 6.07 Å². The molecule has 0 unspecified atom stereocenters. The Bertz CT molecular complexity index is 524.